The molecule has 0 aliphatic carbocycles. The molecule has 0 saturated carbocycles. The fraction of sp³-hybridized carbons (Fsp3) is 0.632. The molecular weight excluding hydrogens is 471 g/mol. The zero-order valence-corrected chi connectivity index (χ0v) is 19.0. The number of hydrogen-bond donors (Lipinski definition) is 2. The fourth-order valence-corrected chi connectivity index (χ4v) is 3.54. The Bertz CT molecular complexity index is 648. The van der Waals surface area contributed by atoms with Crippen molar-refractivity contribution in [3.8, 4) is 0 Å². The highest BCUT2D eigenvalue weighted by atomic mass is 127. The lowest BCUT2D eigenvalue weighted by atomic mass is 10.2. The Morgan fingerprint density at radius 2 is 2.11 bits per heavy atom. The summed E-state index contributed by atoms with van der Waals surface area (Å²) < 4.78 is 5.44. The number of rotatable bonds is 5. The Morgan fingerprint density at radius 1 is 1.32 bits per heavy atom. The van der Waals surface area contributed by atoms with Gasteiger partial charge in [-0.25, -0.2) is 4.98 Å². The Labute approximate surface area is 184 Å². The summed E-state index contributed by atoms with van der Waals surface area (Å²) in [5.74, 6) is 1.40. The Kier molecular flexibility index (Phi) is 9.39. The highest BCUT2D eigenvalue weighted by Crippen LogP contribution is 2.17. The maximum atomic E-state index is 12.1. The van der Waals surface area contributed by atoms with Crippen LogP contribution in [-0.4, -0.2) is 85.7 Å². The lowest BCUT2D eigenvalue weighted by Crippen LogP contribution is -2.47. The van der Waals surface area contributed by atoms with Gasteiger partial charge in [-0.1, -0.05) is 6.07 Å². The van der Waals surface area contributed by atoms with Crippen molar-refractivity contribution in [1.29, 1.82) is 0 Å². The van der Waals surface area contributed by atoms with E-state index < -0.39 is 0 Å². The number of aliphatic imine (C=N–C) groups is 1. The number of morpholine rings is 1. The number of pyridine rings is 1. The quantitative estimate of drug-likeness (QED) is 0.359. The number of nitrogens with zero attached hydrogens (tertiary/aromatic N) is 4. The predicted octanol–water partition coefficient (Wildman–Crippen LogP) is 1.32. The van der Waals surface area contributed by atoms with Crippen LogP contribution < -0.4 is 10.6 Å². The monoisotopic (exact) mass is 502 g/mol. The molecule has 0 spiro atoms. The van der Waals surface area contributed by atoms with Gasteiger partial charge in [-0.15, -0.1) is 24.0 Å². The van der Waals surface area contributed by atoms with E-state index in [4.69, 9.17) is 4.74 Å². The van der Waals surface area contributed by atoms with E-state index in [0.29, 0.717) is 24.8 Å². The summed E-state index contributed by atoms with van der Waals surface area (Å²) in [7, 11) is 1.79. The van der Waals surface area contributed by atoms with Crippen LogP contribution in [0, 0.1) is 6.92 Å². The smallest absolute Gasteiger partial charge is 0.227 e. The zero-order valence-electron chi connectivity index (χ0n) is 16.7. The first-order valence-corrected chi connectivity index (χ1v) is 9.65. The third-order valence-corrected chi connectivity index (χ3v) is 5.05. The van der Waals surface area contributed by atoms with Crippen LogP contribution in [0.2, 0.25) is 0 Å². The standard InChI is InChI=1S/C19H30N6O2.HI/c1-15-3-4-17(22-13-15)23-18(26)5-7-21-19(20-2)25-8-6-16(14-25)24-9-11-27-12-10-24;/h3-4,13,16H,5-12,14H2,1-2H3,(H,20,21)(H,22,23,26);1H. The summed E-state index contributed by atoms with van der Waals surface area (Å²) in [6, 6.07) is 4.31. The van der Waals surface area contributed by atoms with Crippen LogP contribution >= 0.6 is 24.0 Å². The highest BCUT2D eigenvalue weighted by molar-refractivity contribution is 14.0. The number of ether oxygens (including phenoxy) is 1. The first kappa shape index (κ1) is 22.8. The van der Waals surface area contributed by atoms with Crippen LogP contribution in [0.3, 0.4) is 0 Å². The topological polar surface area (TPSA) is 82.1 Å². The second-order valence-corrected chi connectivity index (χ2v) is 7.03. The number of guanidine groups is 1. The highest BCUT2D eigenvalue weighted by Gasteiger charge is 2.30. The number of halogens is 1. The molecule has 28 heavy (non-hydrogen) atoms. The third-order valence-electron chi connectivity index (χ3n) is 5.05. The lowest BCUT2D eigenvalue weighted by molar-refractivity contribution is -0.116. The Morgan fingerprint density at radius 3 is 2.79 bits per heavy atom. The molecule has 2 saturated heterocycles. The summed E-state index contributed by atoms with van der Waals surface area (Å²) >= 11 is 0. The number of anilines is 1. The van der Waals surface area contributed by atoms with E-state index in [0.717, 1.165) is 57.3 Å². The molecule has 1 aromatic rings. The van der Waals surface area contributed by atoms with Crippen molar-refractivity contribution in [2.75, 3.05) is 58.3 Å². The minimum Gasteiger partial charge on any atom is -0.379 e. The summed E-state index contributed by atoms with van der Waals surface area (Å²) in [6.45, 7) is 8.15. The molecule has 1 unspecified atom stereocenters. The molecule has 0 aromatic carbocycles. The maximum absolute atomic E-state index is 12.1. The van der Waals surface area contributed by atoms with Crippen LogP contribution in [0.5, 0.6) is 0 Å². The van der Waals surface area contributed by atoms with Crippen molar-refractivity contribution in [2.24, 2.45) is 4.99 Å². The van der Waals surface area contributed by atoms with E-state index in [1.165, 1.54) is 0 Å². The Balaban J connectivity index is 0.00000280. The van der Waals surface area contributed by atoms with Gasteiger partial charge in [-0.2, -0.15) is 0 Å². The molecule has 9 heteroatoms. The van der Waals surface area contributed by atoms with Crippen molar-refractivity contribution in [3.05, 3.63) is 23.9 Å². The van der Waals surface area contributed by atoms with E-state index >= 15 is 0 Å². The zero-order chi connectivity index (χ0) is 19.1. The van der Waals surface area contributed by atoms with Crippen LogP contribution in [-0.2, 0) is 9.53 Å². The molecule has 3 rings (SSSR count). The number of aryl methyl sites for hydroxylation is 1. The molecule has 3 heterocycles. The normalized spacial score (nSPS) is 20.6. The van der Waals surface area contributed by atoms with Crippen molar-refractivity contribution in [1.82, 2.24) is 20.1 Å². The van der Waals surface area contributed by atoms with Crippen LogP contribution in [0.1, 0.15) is 18.4 Å². The maximum Gasteiger partial charge on any atom is 0.227 e. The third kappa shape index (κ3) is 6.56. The molecule has 2 aliphatic rings. The van der Waals surface area contributed by atoms with Gasteiger partial charge >= 0.3 is 0 Å². The molecule has 8 nitrogen and oxygen atoms in total. The van der Waals surface area contributed by atoms with Crippen LogP contribution in [0.25, 0.3) is 0 Å². The van der Waals surface area contributed by atoms with Gasteiger partial charge in [0.05, 0.1) is 13.2 Å². The van der Waals surface area contributed by atoms with Gasteiger partial charge in [0, 0.05) is 58.4 Å². The first-order valence-electron chi connectivity index (χ1n) is 9.65. The average molecular weight is 502 g/mol. The number of amides is 1. The summed E-state index contributed by atoms with van der Waals surface area (Å²) in [5.41, 5.74) is 1.07. The van der Waals surface area contributed by atoms with Gasteiger partial charge in [0.1, 0.15) is 5.82 Å². The molecule has 2 fully saturated rings. The van der Waals surface area contributed by atoms with Gasteiger partial charge in [0.2, 0.25) is 5.91 Å². The van der Waals surface area contributed by atoms with E-state index in [1.807, 2.05) is 19.1 Å². The van der Waals surface area contributed by atoms with E-state index in [-0.39, 0.29) is 29.9 Å². The lowest BCUT2D eigenvalue weighted by Gasteiger charge is -2.32. The minimum atomic E-state index is -0.0538. The number of likely N-dealkylation sites (tertiary alicyclic amines) is 1. The largest absolute Gasteiger partial charge is 0.379 e. The van der Waals surface area contributed by atoms with Gasteiger partial charge < -0.3 is 20.3 Å². The van der Waals surface area contributed by atoms with Crippen molar-refractivity contribution in [2.45, 2.75) is 25.8 Å². The van der Waals surface area contributed by atoms with E-state index in [9.17, 15) is 4.79 Å². The fourth-order valence-electron chi connectivity index (χ4n) is 3.54. The minimum absolute atomic E-state index is 0. The van der Waals surface area contributed by atoms with Crippen molar-refractivity contribution < 1.29 is 9.53 Å². The number of aromatic nitrogens is 1. The van der Waals surface area contributed by atoms with E-state index in [1.54, 1.807) is 13.2 Å². The SMILES string of the molecule is CN=C(NCCC(=O)Nc1ccc(C)cn1)N1CCC(N2CCOCC2)C1.I. The molecule has 1 amide bonds. The molecule has 0 radical (unpaired) electrons. The van der Waals surface area contributed by atoms with E-state index in [2.05, 4.69) is 30.4 Å². The number of carbonyl (C=O) groups excluding carboxylic acids is 1. The predicted molar refractivity (Wildman–Crippen MR) is 121 cm³/mol. The first-order chi connectivity index (χ1) is 13.2. The van der Waals surface area contributed by atoms with Crippen molar-refractivity contribution >= 4 is 41.7 Å². The van der Waals surface area contributed by atoms with Gasteiger partial charge in [-0.05, 0) is 25.0 Å². The molecule has 2 N–H and O–H groups in total. The van der Waals surface area contributed by atoms with Gasteiger partial charge in [-0.3, -0.25) is 14.7 Å². The number of hydrogen-bond acceptors (Lipinski definition) is 5. The Hall–Kier alpha value is -1.46. The summed E-state index contributed by atoms with van der Waals surface area (Å²) in [4.78, 5) is 25.5. The summed E-state index contributed by atoms with van der Waals surface area (Å²) in [5, 5.41) is 6.13. The van der Waals surface area contributed by atoms with Crippen LogP contribution in [0.4, 0.5) is 5.82 Å². The second-order valence-electron chi connectivity index (χ2n) is 7.03. The molecule has 0 bridgehead atoms. The molecule has 1 atom stereocenters. The molecular formula is C19H31IN6O2. The molecule has 2 aliphatic heterocycles. The number of nitrogens with one attached hydrogen (secondary N) is 2. The molecule has 156 valence electrons. The van der Waals surface area contributed by atoms with Gasteiger partial charge in [0.25, 0.3) is 0 Å². The van der Waals surface area contributed by atoms with Crippen molar-refractivity contribution in [3.63, 3.8) is 0 Å². The number of carbonyl (C=O) groups is 1. The van der Waals surface area contributed by atoms with Gasteiger partial charge in [0.15, 0.2) is 5.96 Å². The van der Waals surface area contributed by atoms with Crippen LogP contribution in [0.15, 0.2) is 23.3 Å². The second kappa shape index (κ2) is 11.5. The summed E-state index contributed by atoms with van der Waals surface area (Å²) in [6.07, 6.45) is 3.25. The average Bonchev–Trinajstić information content (AvgIpc) is 3.18. The molecule has 1 aromatic heterocycles.